The third-order valence-electron chi connectivity index (χ3n) is 4.82. The third kappa shape index (κ3) is 3.72. The minimum atomic E-state index is 0.465. The minimum absolute atomic E-state index is 0.465. The predicted octanol–water partition coefficient (Wildman–Crippen LogP) is 2.65. The van der Waals surface area contributed by atoms with E-state index in [1.807, 2.05) is 24.1 Å². The molecular formula is C18H27N5. The van der Waals surface area contributed by atoms with Crippen LogP contribution in [0.5, 0.6) is 0 Å². The fourth-order valence-electron chi connectivity index (χ4n) is 3.14. The molecule has 3 heterocycles. The van der Waals surface area contributed by atoms with Crippen LogP contribution in [0.25, 0.3) is 0 Å². The Bertz CT molecular complexity index is 631. The number of nitrogens with zero attached hydrogens (tertiary/aromatic N) is 5. The van der Waals surface area contributed by atoms with E-state index in [4.69, 9.17) is 0 Å². The van der Waals surface area contributed by atoms with Crippen molar-refractivity contribution in [3.63, 3.8) is 0 Å². The van der Waals surface area contributed by atoms with Crippen LogP contribution in [0.2, 0.25) is 0 Å². The Morgan fingerprint density at radius 2 is 2.13 bits per heavy atom. The van der Waals surface area contributed by atoms with E-state index in [1.54, 1.807) is 0 Å². The van der Waals surface area contributed by atoms with Gasteiger partial charge in [0.05, 0.1) is 6.20 Å². The lowest BCUT2D eigenvalue weighted by molar-refractivity contribution is 0.326. The SMILES string of the molecule is CC(C)N(C)c1ccc(CN2CCC(c3cnn(C)c3)C2)cn1. The third-order valence-corrected chi connectivity index (χ3v) is 4.82. The molecule has 2 aromatic heterocycles. The average molecular weight is 313 g/mol. The fraction of sp³-hybridized carbons (Fsp3) is 0.556. The summed E-state index contributed by atoms with van der Waals surface area (Å²) < 4.78 is 1.89. The topological polar surface area (TPSA) is 37.2 Å². The molecule has 0 amide bonds. The first kappa shape index (κ1) is 16.0. The molecule has 1 aliphatic rings. The number of anilines is 1. The highest BCUT2D eigenvalue weighted by molar-refractivity contribution is 5.39. The van der Waals surface area contributed by atoms with Gasteiger partial charge in [-0.05, 0) is 44.0 Å². The van der Waals surface area contributed by atoms with Crippen molar-refractivity contribution in [2.75, 3.05) is 25.0 Å². The van der Waals surface area contributed by atoms with E-state index in [2.05, 4.69) is 59.1 Å². The second kappa shape index (κ2) is 6.71. The van der Waals surface area contributed by atoms with Crippen LogP contribution in [-0.2, 0) is 13.6 Å². The van der Waals surface area contributed by atoms with Crippen molar-refractivity contribution in [2.24, 2.45) is 7.05 Å². The summed E-state index contributed by atoms with van der Waals surface area (Å²) in [5.74, 6) is 1.65. The normalized spacial score (nSPS) is 18.7. The lowest BCUT2D eigenvalue weighted by Crippen LogP contribution is -2.26. The highest BCUT2D eigenvalue weighted by Crippen LogP contribution is 2.27. The van der Waals surface area contributed by atoms with E-state index in [1.165, 1.54) is 17.5 Å². The van der Waals surface area contributed by atoms with Gasteiger partial charge in [0, 0.05) is 51.5 Å². The molecule has 1 atom stereocenters. The number of pyridine rings is 1. The Kier molecular flexibility index (Phi) is 4.66. The largest absolute Gasteiger partial charge is 0.357 e. The van der Waals surface area contributed by atoms with Gasteiger partial charge < -0.3 is 4.90 Å². The van der Waals surface area contributed by atoms with Gasteiger partial charge in [-0.2, -0.15) is 5.10 Å². The van der Waals surface area contributed by atoms with Crippen LogP contribution in [0.3, 0.4) is 0 Å². The molecule has 0 spiro atoms. The quantitative estimate of drug-likeness (QED) is 0.850. The highest BCUT2D eigenvalue weighted by atomic mass is 15.2. The van der Waals surface area contributed by atoms with E-state index in [-0.39, 0.29) is 0 Å². The van der Waals surface area contributed by atoms with Crippen molar-refractivity contribution in [3.05, 3.63) is 41.9 Å². The van der Waals surface area contributed by atoms with Gasteiger partial charge in [-0.1, -0.05) is 6.07 Å². The molecule has 5 nitrogen and oxygen atoms in total. The first-order valence-corrected chi connectivity index (χ1v) is 8.41. The van der Waals surface area contributed by atoms with Crippen molar-refractivity contribution in [3.8, 4) is 0 Å². The van der Waals surface area contributed by atoms with Gasteiger partial charge in [0.2, 0.25) is 0 Å². The Morgan fingerprint density at radius 3 is 2.74 bits per heavy atom. The molecule has 3 rings (SSSR count). The van der Waals surface area contributed by atoms with Crippen molar-refractivity contribution in [2.45, 2.75) is 38.8 Å². The molecule has 1 saturated heterocycles. The Balaban J connectivity index is 1.58. The van der Waals surface area contributed by atoms with Gasteiger partial charge in [-0.25, -0.2) is 4.98 Å². The number of hydrogen-bond donors (Lipinski definition) is 0. The van der Waals surface area contributed by atoms with Crippen molar-refractivity contribution in [1.29, 1.82) is 0 Å². The molecule has 0 saturated carbocycles. The van der Waals surface area contributed by atoms with Crippen LogP contribution in [0.4, 0.5) is 5.82 Å². The second-order valence-corrected chi connectivity index (χ2v) is 6.90. The number of likely N-dealkylation sites (tertiary alicyclic amines) is 1. The maximum atomic E-state index is 4.61. The molecule has 0 bridgehead atoms. The zero-order valence-corrected chi connectivity index (χ0v) is 14.6. The van der Waals surface area contributed by atoms with E-state index >= 15 is 0 Å². The van der Waals surface area contributed by atoms with Crippen LogP contribution < -0.4 is 4.90 Å². The monoisotopic (exact) mass is 313 g/mol. The Morgan fingerprint density at radius 1 is 1.30 bits per heavy atom. The minimum Gasteiger partial charge on any atom is -0.357 e. The summed E-state index contributed by atoms with van der Waals surface area (Å²) >= 11 is 0. The van der Waals surface area contributed by atoms with E-state index in [0.717, 1.165) is 25.5 Å². The summed E-state index contributed by atoms with van der Waals surface area (Å²) in [4.78, 5) is 9.32. The molecule has 0 aliphatic carbocycles. The van der Waals surface area contributed by atoms with Crippen LogP contribution in [0.1, 0.15) is 37.3 Å². The summed E-state index contributed by atoms with van der Waals surface area (Å²) in [6, 6.07) is 4.80. The molecular weight excluding hydrogens is 286 g/mol. The molecule has 0 aromatic carbocycles. The standard InChI is InChI=1S/C18H27N5/c1-14(2)22(4)18-6-5-15(9-19-18)11-23-8-7-16(13-23)17-10-20-21(3)12-17/h5-6,9-10,12,14,16H,7-8,11,13H2,1-4H3. The number of aromatic nitrogens is 3. The maximum Gasteiger partial charge on any atom is 0.128 e. The van der Waals surface area contributed by atoms with E-state index in [0.29, 0.717) is 12.0 Å². The first-order valence-electron chi connectivity index (χ1n) is 8.41. The van der Waals surface area contributed by atoms with E-state index < -0.39 is 0 Å². The molecule has 1 unspecified atom stereocenters. The summed E-state index contributed by atoms with van der Waals surface area (Å²) in [6.45, 7) is 7.60. The predicted molar refractivity (Wildman–Crippen MR) is 93.6 cm³/mol. The number of hydrogen-bond acceptors (Lipinski definition) is 4. The molecule has 0 radical (unpaired) electrons. The smallest absolute Gasteiger partial charge is 0.128 e. The van der Waals surface area contributed by atoms with Gasteiger partial charge in [-0.15, -0.1) is 0 Å². The molecule has 0 N–H and O–H groups in total. The molecule has 124 valence electrons. The summed E-state index contributed by atoms with van der Waals surface area (Å²) in [6.07, 6.45) is 7.39. The van der Waals surface area contributed by atoms with Gasteiger partial charge in [-0.3, -0.25) is 9.58 Å². The zero-order valence-electron chi connectivity index (χ0n) is 14.6. The number of rotatable bonds is 5. The first-order chi connectivity index (χ1) is 11.0. The van der Waals surface area contributed by atoms with Crippen LogP contribution in [0, 0.1) is 0 Å². The number of aryl methyl sites for hydroxylation is 1. The molecule has 1 aliphatic heterocycles. The fourth-order valence-corrected chi connectivity index (χ4v) is 3.14. The second-order valence-electron chi connectivity index (χ2n) is 6.90. The lowest BCUT2D eigenvalue weighted by atomic mass is 10.0. The zero-order chi connectivity index (χ0) is 16.4. The lowest BCUT2D eigenvalue weighted by Gasteiger charge is -2.23. The Labute approximate surface area is 138 Å². The molecule has 23 heavy (non-hydrogen) atoms. The van der Waals surface area contributed by atoms with Gasteiger partial charge in [0.25, 0.3) is 0 Å². The summed E-state index contributed by atoms with van der Waals surface area (Å²) in [5, 5.41) is 4.29. The maximum absolute atomic E-state index is 4.61. The average Bonchev–Trinajstić information content (AvgIpc) is 3.16. The van der Waals surface area contributed by atoms with Crippen LogP contribution in [-0.4, -0.2) is 45.8 Å². The van der Waals surface area contributed by atoms with Crippen molar-refractivity contribution >= 4 is 5.82 Å². The highest BCUT2D eigenvalue weighted by Gasteiger charge is 2.24. The molecule has 5 heteroatoms. The van der Waals surface area contributed by atoms with Crippen LogP contribution >= 0.6 is 0 Å². The van der Waals surface area contributed by atoms with Gasteiger partial charge in [0.1, 0.15) is 5.82 Å². The summed E-state index contributed by atoms with van der Waals surface area (Å²) in [7, 11) is 4.07. The Hall–Kier alpha value is -1.88. The molecule has 1 fully saturated rings. The van der Waals surface area contributed by atoms with E-state index in [9.17, 15) is 0 Å². The molecule has 2 aromatic rings. The van der Waals surface area contributed by atoms with Crippen LogP contribution in [0.15, 0.2) is 30.7 Å². The summed E-state index contributed by atoms with van der Waals surface area (Å²) in [5.41, 5.74) is 2.65. The van der Waals surface area contributed by atoms with Gasteiger partial charge in [0.15, 0.2) is 0 Å². The van der Waals surface area contributed by atoms with Crippen molar-refractivity contribution < 1.29 is 0 Å². The van der Waals surface area contributed by atoms with Crippen molar-refractivity contribution in [1.82, 2.24) is 19.7 Å². The van der Waals surface area contributed by atoms with Gasteiger partial charge >= 0.3 is 0 Å².